The van der Waals surface area contributed by atoms with Crippen LogP contribution in [0.5, 0.6) is 0 Å². The third-order valence-electron chi connectivity index (χ3n) is 13.9. The van der Waals surface area contributed by atoms with Gasteiger partial charge in [0, 0.05) is 27.7 Å². The van der Waals surface area contributed by atoms with Crippen molar-refractivity contribution >= 4 is 38.8 Å². The SMILES string of the molecule is N#Cc1cccc(/C2=C3/CC3C/C(c3cccc(-n4c5ccccc5c5ccc6c(c54)C(c4ccccc4)(c4ccccc4)c4ccccc4-6)c3)=N\C(c3ccccc3)=C/CCC2)c1. The third kappa shape index (κ3) is 6.13. The monoisotopic (exact) mass is 819 g/mol. The molecular weight excluding hydrogens is 775 g/mol. The van der Waals surface area contributed by atoms with Crippen LogP contribution in [0.3, 0.4) is 0 Å². The van der Waals surface area contributed by atoms with Crippen LogP contribution < -0.4 is 0 Å². The second-order valence-corrected chi connectivity index (χ2v) is 17.5. The number of nitrogens with zero attached hydrogens (tertiary/aromatic N) is 3. The Labute approximate surface area is 374 Å². The maximum atomic E-state index is 9.79. The normalized spacial score (nSPS) is 19.3. The number of rotatable bonds is 6. The molecule has 12 rings (SSSR count). The standard InChI is InChI=1S/C61H45N3/c62-40-41-18-16-21-43(36-41)49-28-11-14-32-56(42-19-4-1-5-20-42)63-57(39-45-38-54(45)49)44-22-17-27-48(37-44)64-58-33-15-12-30-51(58)53-35-34-52-50-29-10-13-31-55(50)61(59(52)60(53)64,46-23-6-2-7-24-46)47-25-8-3-9-26-47/h1-10,12-13,15-27,29-37,45H,11,14,28,38-39H2/b54-49-,56-32-,63-57+. The number of aliphatic imine (C=N–C) groups is 1. The molecule has 0 radical (unpaired) electrons. The number of aromatic nitrogens is 1. The van der Waals surface area contributed by atoms with E-state index in [0.29, 0.717) is 11.5 Å². The summed E-state index contributed by atoms with van der Waals surface area (Å²) >= 11 is 0. The smallest absolute Gasteiger partial charge is 0.0991 e. The lowest BCUT2D eigenvalue weighted by atomic mass is 9.67. The van der Waals surface area contributed by atoms with Gasteiger partial charge in [-0.05, 0) is 118 Å². The topological polar surface area (TPSA) is 41.1 Å². The largest absolute Gasteiger partial charge is 0.309 e. The minimum absolute atomic E-state index is 0.394. The van der Waals surface area contributed by atoms with Gasteiger partial charge >= 0.3 is 0 Å². The highest BCUT2D eigenvalue weighted by Gasteiger charge is 2.48. The van der Waals surface area contributed by atoms with Crippen molar-refractivity contribution in [2.24, 2.45) is 10.9 Å². The summed E-state index contributed by atoms with van der Waals surface area (Å²) in [6, 6.07) is 75.4. The highest BCUT2D eigenvalue weighted by Crippen LogP contribution is 2.59. The number of allylic oxidation sites excluding steroid dienone is 3. The van der Waals surface area contributed by atoms with Gasteiger partial charge in [0.05, 0.1) is 33.8 Å². The number of fused-ring (bicyclic) bond motifs is 8. The molecule has 0 spiro atoms. The summed E-state index contributed by atoms with van der Waals surface area (Å²) in [7, 11) is 0. The van der Waals surface area contributed by atoms with Crippen LogP contribution in [0.1, 0.15) is 76.6 Å². The van der Waals surface area contributed by atoms with Crippen LogP contribution >= 0.6 is 0 Å². The molecule has 2 heterocycles. The summed E-state index contributed by atoms with van der Waals surface area (Å²) in [5.74, 6) is 0.394. The first-order valence-electron chi connectivity index (χ1n) is 22.6. The van der Waals surface area contributed by atoms with Gasteiger partial charge in [0.15, 0.2) is 0 Å². The summed E-state index contributed by atoms with van der Waals surface area (Å²) in [6.45, 7) is 0. The molecule has 0 bridgehead atoms. The van der Waals surface area contributed by atoms with Crippen LogP contribution in [0.15, 0.2) is 217 Å². The van der Waals surface area contributed by atoms with Crippen molar-refractivity contribution in [1.29, 1.82) is 5.26 Å². The highest BCUT2D eigenvalue weighted by atomic mass is 15.0. The molecule has 0 N–H and O–H groups in total. The molecule has 1 fully saturated rings. The zero-order valence-corrected chi connectivity index (χ0v) is 35.6. The van der Waals surface area contributed by atoms with E-state index >= 15 is 0 Å². The molecule has 64 heavy (non-hydrogen) atoms. The average Bonchev–Trinajstić information content (AvgIpc) is 3.94. The van der Waals surface area contributed by atoms with Gasteiger partial charge < -0.3 is 4.57 Å². The van der Waals surface area contributed by atoms with E-state index in [4.69, 9.17) is 4.99 Å². The fourth-order valence-electron chi connectivity index (χ4n) is 11.1. The van der Waals surface area contributed by atoms with Crippen LogP contribution in [-0.4, -0.2) is 10.3 Å². The Morgan fingerprint density at radius 2 is 1.27 bits per heavy atom. The maximum absolute atomic E-state index is 9.79. The molecule has 0 saturated heterocycles. The summed E-state index contributed by atoms with van der Waals surface area (Å²) in [5.41, 5.74) is 19.9. The van der Waals surface area contributed by atoms with Gasteiger partial charge in [-0.3, -0.25) is 4.99 Å². The Morgan fingerprint density at radius 1 is 0.578 bits per heavy atom. The van der Waals surface area contributed by atoms with Crippen molar-refractivity contribution in [2.75, 3.05) is 0 Å². The van der Waals surface area contributed by atoms with Crippen molar-refractivity contribution in [3.8, 4) is 22.9 Å². The molecule has 0 amide bonds. The number of benzene rings is 8. The molecule has 1 saturated carbocycles. The van der Waals surface area contributed by atoms with E-state index in [-0.39, 0.29) is 0 Å². The molecule has 8 aromatic carbocycles. The maximum Gasteiger partial charge on any atom is 0.0991 e. The van der Waals surface area contributed by atoms with E-state index in [9.17, 15) is 5.26 Å². The van der Waals surface area contributed by atoms with E-state index in [1.807, 2.05) is 12.1 Å². The van der Waals surface area contributed by atoms with Crippen LogP contribution in [-0.2, 0) is 5.41 Å². The molecule has 1 unspecified atom stereocenters. The minimum Gasteiger partial charge on any atom is -0.309 e. The zero-order chi connectivity index (χ0) is 42.6. The molecular formula is C61H45N3. The minimum atomic E-state index is -0.564. The Kier molecular flexibility index (Phi) is 9.20. The summed E-state index contributed by atoms with van der Waals surface area (Å²) < 4.78 is 2.54. The molecule has 2 aliphatic carbocycles. The molecule has 304 valence electrons. The lowest BCUT2D eigenvalue weighted by Gasteiger charge is -2.34. The first-order chi connectivity index (χ1) is 31.7. The summed E-state index contributed by atoms with van der Waals surface area (Å²) in [4.78, 5) is 5.66. The molecule has 3 heteroatoms. The number of para-hydroxylation sites is 1. The van der Waals surface area contributed by atoms with E-state index in [2.05, 4.69) is 205 Å². The van der Waals surface area contributed by atoms with Crippen LogP contribution in [0, 0.1) is 17.2 Å². The van der Waals surface area contributed by atoms with Crippen molar-refractivity contribution in [2.45, 2.75) is 37.5 Å². The van der Waals surface area contributed by atoms with E-state index < -0.39 is 5.41 Å². The Hall–Kier alpha value is -7.80. The molecule has 1 aliphatic heterocycles. The number of hydrogen-bond acceptors (Lipinski definition) is 2. The molecule has 9 aromatic rings. The van der Waals surface area contributed by atoms with Gasteiger partial charge in [-0.25, -0.2) is 0 Å². The Bertz CT molecular complexity index is 3380. The highest BCUT2D eigenvalue weighted by molar-refractivity contribution is 6.14. The lowest BCUT2D eigenvalue weighted by Crippen LogP contribution is -2.29. The quantitative estimate of drug-likeness (QED) is 0.165. The average molecular weight is 820 g/mol. The fraction of sp³-hybridized carbons (Fsp3) is 0.115. The third-order valence-corrected chi connectivity index (χ3v) is 13.9. The Morgan fingerprint density at radius 3 is 2.06 bits per heavy atom. The van der Waals surface area contributed by atoms with E-state index in [1.165, 1.54) is 71.9 Å². The molecule has 3 nitrogen and oxygen atoms in total. The van der Waals surface area contributed by atoms with E-state index in [1.54, 1.807) is 0 Å². The van der Waals surface area contributed by atoms with Crippen molar-refractivity contribution in [3.05, 3.63) is 256 Å². The van der Waals surface area contributed by atoms with Crippen LogP contribution in [0.2, 0.25) is 0 Å². The second-order valence-electron chi connectivity index (χ2n) is 17.5. The van der Waals surface area contributed by atoms with Gasteiger partial charge in [-0.2, -0.15) is 5.26 Å². The summed E-state index contributed by atoms with van der Waals surface area (Å²) in [5, 5.41) is 12.3. The lowest BCUT2D eigenvalue weighted by molar-refractivity contribution is 0.771. The molecule has 1 atom stereocenters. The summed E-state index contributed by atoms with van der Waals surface area (Å²) in [6.07, 6.45) is 7.15. The van der Waals surface area contributed by atoms with Crippen LogP contribution in [0.25, 0.3) is 49.9 Å². The van der Waals surface area contributed by atoms with Gasteiger partial charge in [0.25, 0.3) is 0 Å². The van der Waals surface area contributed by atoms with Crippen LogP contribution in [0.4, 0.5) is 0 Å². The predicted molar refractivity (Wildman–Crippen MR) is 264 cm³/mol. The number of nitriles is 1. The number of hydrogen-bond donors (Lipinski definition) is 0. The Balaban J connectivity index is 1.09. The van der Waals surface area contributed by atoms with Crippen molar-refractivity contribution in [1.82, 2.24) is 4.57 Å². The zero-order valence-electron chi connectivity index (χ0n) is 35.6. The fourth-order valence-corrected chi connectivity index (χ4v) is 11.1. The van der Waals surface area contributed by atoms with Gasteiger partial charge in [0.2, 0.25) is 0 Å². The first kappa shape index (κ1) is 37.9. The van der Waals surface area contributed by atoms with Crippen molar-refractivity contribution in [3.63, 3.8) is 0 Å². The van der Waals surface area contributed by atoms with Gasteiger partial charge in [-0.1, -0.05) is 182 Å². The van der Waals surface area contributed by atoms with Gasteiger partial charge in [-0.15, -0.1) is 0 Å². The predicted octanol–water partition coefficient (Wildman–Crippen LogP) is 14.9. The van der Waals surface area contributed by atoms with Gasteiger partial charge in [0.1, 0.15) is 0 Å². The van der Waals surface area contributed by atoms with Crippen molar-refractivity contribution < 1.29 is 0 Å². The molecule has 1 aromatic heterocycles. The molecule has 3 aliphatic rings. The first-order valence-corrected chi connectivity index (χ1v) is 22.6. The van der Waals surface area contributed by atoms with E-state index in [0.717, 1.165) is 60.3 Å². The second kappa shape index (κ2) is 15.5.